The van der Waals surface area contributed by atoms with Gasteiger partial charge in [-0.1, -0.05) is 5.11 Å². The summed E-state index contributed by atoms with van der Waals surface area (Å²) in [5.41, 5.74) is 9.02. The molecule has 6 nitrogen and oxygen atoms in total. The lowest BCUT2D eigenvalue weighted by Crippen LogP contribution is -2.06. The van der Waals surface area contributed by atoms with E-state index in [1.807, 2.05) is 6.92 Å². The van der Waals surface area contributed by atoms with E-state index in [1.165, 1.54) is 0 Å². The third-order valence-electron chi connectivity index (χ3n) is 1.92. The Morgan fingerprint density at radius 2 is 2.44 bits per heavy atom. The van der Waals surface area contributed by atoms with Crippen LogP contribution in [0.25, 0.3) is 10.4 Å². The molecule has 1 N–H and O–H groups in total. The molecule has 0 radical (unpaired) electrons. The van der Waals surface area contributed by atoms with Gasteiger partial charge in [0.25, 0.3) is 0 Å². The molecule has 0 amide bonds. The highest BCUT2D eigenvalue weighted by atomic mass is 32.2. The number of nitrogens with zero attached hydrogens (tertiary/aromatic N) is 4. The van der Waals surface area contributed by atoms with Gasteiger partial charge in [-0.25, -0.2) is 4.98 Å². The van der Waals surface area contributed by atoms with E-state index in [0.29, 0.717) is 17.3 Å². The molecule has 0 aliphatic heterocycles. The van der Waals surface area contributed by atoms with E-state index in [9.17, 15) is 4.21 Å². The summed E-state index contributed by atoms with van der Waals surface area (Å²) < 4.78 is 11.6. The van der Waals surface area contributed by atoms with Crippen LogP contribution in [0.4, 0.5) is 5.82 Å². The summed E-state index contributed by atoms with van der Waals surface area (Å²) in [5.74, 6) is 0.592. The standard InChI is InChI=1S/C9H13N5OS/c1-3-11-9-8(16(2)15)7(4-5-12-9)6-13-14-10/h4-5H,3,6H2,1-2H3,(H,11,12). The number of aromatic nitrogens is 1. The minimum Gasteiger partial charge on any atom is -0.369 e. The van der Waals surface area contributed by atoms with Gasteiger partial charge in [0.2, 0.25) is 0 Å². The monoisotopic (exact) mass is 239 g/mol. The minimum absolute atomic E-state index is 0.187. The van der Waals surface area contributed by atoms with Crippen molar-refractivity contribution in [3.63, 3.8) is 0 Å². The second kappa shape index (κ2) is 6.09. The molecule has 86 valence electrons. The van der Waals surface area contributed by atoms with Crippen molar-refractivity contribution in [3.8, 4) is 0 Å². The van der Waals surface area contributed by atoms with Crippen LogP contribution in [0.5, 0.6) is 0 Å². The Bertz CT molecular complexity index is 442. The predicted octanol–water partition coefficient (Wildman–Crippen LogP) is 2.06. The van der Waals surface area contributed by atoms with Crippen molar-refractivity contribution >= 4 is 16.6 Å². The molecule has 1 heterocycles. The van der Waals surface area contributed by atoms with Crippen LogP contribution in [-0.2, 0) is 17.3 Å². The zero-order valence-corrected chi connectivity index (χ0v) is 9.99. The Morgan fingerprint density at radius 3 is 3.00 bits per heavy atom. The summed E-state index contributed by atoms with van der Waals surface area (Å²) in [7, 11) is -1.17. The second-order valence-electron chi connectivity index (χ2n) is 3.02. The summed E-state index contributed by atoms with van der Waals surface area (Å²) >= 11 is 0. The fourth-order valence-corrected chi connectivity index (χ4v) is 2.23. The smallest absolute Gasteiger partial charge is 0.142 e. The maximum absolute atomic E-state index is 11.6. The van der Waals surface area contributed by atoms with Crippen LogP contribution in [0.2, 0.25) is 0 Å². The molecule has 1 atom stereocenters. The molecule has 1 rings (SSSR count). The van der Waals surface area contributed by atoms with Gasteiger partial charge in [0.05, 0.1) is 22.2 Å². The van der Waals surface area contributed by atoms with E-state index >= 15 is 0 Å². The molecule has 7 heteroatoms. The van der Waals surface area contributed by atoms with Crippen LogP contribution in [0.1, 0.15) is 12.5 Å². The number of anilines is 1. The topological polar surface area (TPSA) is 90.8 Å². The highest BCUT2D eigenvalue weighted by Gasteiger charge is 2.11. The SMILES string of the molecule is CCNc1nccc(CN=[N+]=[N-])c1S(C)=O. The van der Waals surface area contributed by atoms with Crippen molar-refractivity contribution in [2.75, 3.05) is 18.1 Å². The van der Waals surface area contributed by atoms with Crippen LogP contribution < -0.4 is 5.32 Å². The Hall–Kier alpha value is -1.59. The number of azide groups is 1. The molecule has 0 aliphatic carbocycles. The Kier molecular flexibility index (Phi) is 4.75. The van der Waals surface area contributed by atoms with Gasteiger partial charge in [-0.2, -0.15) is 0 Å². The van der Waals surface area contributed by atoms with E-state index in [0.717, 1.165) is 5.56 Å². The predicted molar refractivity (Wildman–Crippen MR) is 63.6 cm³/mol. The zero-order valence-electron chi connectivity index (χ0n) is 9.17. The van der Waals surface area contributed by atoms with Crippen molar-refractivity contribution in [3.05, 3.63) is 28.3 Å². The van der Waals surface area contributed by atoms with Gasteiger partial charge in [0.1, 0.15) is 5.82 Å². The van der Waals surface area contributed by atoms with Gasteiger partial charge in [0.15, 0.2) is 0 Å². The number of hydrogen-bond acceptors (Lipinski definition) is 4. The summed E-state index contributed by atoms with van der Waals surface area (Å²) in [6.07, 6.45) is 3.19. The first-order chi connectivity index (χ1) is 7.70. The summed E-state index contributed by atoms with van der Waals surface area (Å²) in [6.45, 7) is 2.82. The summed E-state index contributed by atoms with van der Waals surface area (Å²) in [4.78, 5) is 7.42. The normalized spacial score (nSPS) is 11.6. The van der Waals surface area contributed by atoms with E-state index in [-0.39, 0.29) is 6.54 Å². The molecule has 16 heavy (non-hydrogen) atoms. The molecule has 1 aromatic heterocycles. The largest absolute Gasteiger partial charge is 0.369 e. The number of hydrogen-bond donors (Lipinski definition) is 1. The first kappa shape index (κ1) is 12.5. The van der Waals surface area contributed by atoms with Gasteiger partial charge in [-0.05, 0) is 24.1 Å². The quantitative estimate of drug-likeness (QED) is 0.484. The molecule has 0 spiro atoms. The Morgan fingerprint density at radius 1 is 1.69 bits per heavy atom. The Balaban J connectivity index is 3.20. The maximum Gasteiger partial charge on any atom is 0.142 e. The zero-order chi connectivity index (χ0) is 12.0. The van der Waals surface area contributed by atoms with Gasteiger partial charge >= 0.3 is 0 Å². The second-order valence-corrected chi connectivity index (χ2v) is 4.34. The summed E-state index contributed by atoms with van der Waals surface area (Å²) in [5, 5.41) is 6.51. The van der Waals surface area contributed by atoms with E-state index in [1.54, 1.807) is 18.5 Å². The fraction of sp³-hybridized carbons (Fsp3) is 0.444. The van der Waals surface area contributed by atoms with Crippen molar-refractivity contribution in [1.82, 2.24) is 4.98 Å². The number of rotatable bonds is 5. The fourth-order valence-electron chi connectivity index (χ4n) is 1.33. The van der Waals surface area contributed by atoms with Gasteiger partial charge in [0, 0.05) is 23.9 Å². The number of nitrogens with one attached hydrogen (secondary N) is 1. The average molecular weight is 239 g/mol. The third-order valence-corrected chi connectivity index (χ3v) is 2.95. The van der Waals surface area contributed by atoms with Gasteiger partial charge in [-0.3, -0.25) is 4.21 Å². The van der Waals surface area contributed by atoms with E-state index < -0.39 is 10.8 Å². The molecule has 0 saturated heterocycles. The first-order valence-electron chi connectivity index (χ1n) is 4.76. The van der Waals surface area contributed by atoms with Crippen LogP contribution in [-0.4, -0.2) is 22.0 Å². The molecule has 1 aromatic rings. The van der Waals surface area contributed by atoms with Crippen molar-refractivity contribution < 1.29 is 4.21 Å². The van der Waals surface area contributed by atoms with Crippen LogP contribution in [0.15, 0.2) is 22.3 Å². The lowest BCUT2D eigenvalue weighted by Gasteiger charge is -2.10. The third kappa shape index (κ3) is 2.95. The lowest BCUT2D eigenvalue weighted by molar-refractivity contribution is 0.685. The average Bonchev–Trinajstić information content (AvgIpc) is 2.26. The van der Waals surface area contributed by atoms with Crippen LogP contribution in [0.3, 0.4) is 0 Å². The highest BCUT2D eigenvalue weighted by molar-refractivity contribution is 7.84. The highest BCUT2D eigenvalue weighted by Crippen LogP contribution is 2.21. The van der Waals surface area contributed by atoms with Gasteiger partial charge < -0.3 is 5.32 Å². The van der Waals surface area contributed by atoms with E-state index in [4.69, 9.17) is 5.53 Å². The summed E-state index contributed by atoms with van der Waals surface area (Å²) in [6, 6.07) is 1.71. The lowest BCUT2D eigenvalue weighted by atomic mass is 10.2. The Labute approximate surface area is 96.2 Å². The van der Waals surface area contributed by atoms with Crippen molar-refractivity contribution in [2.45, 2.75) is 18.4 Å². The van der Waals surface area contributed by atoms with Crippen molar-refractivity contribution in [2.24, 2.45) is 5.11 Å². The van der Waals surface area contributed by atoms with Gasteiger partial charge in [-0.15, -0.1) is 0 Å². The number of pyridine rings is 1. The van der Waals surface area contributed by atoms with Crippen molar-refractivity contribution in [1.29, 1.82) is 0 Å². The molecule has 1 unspecified atom stereocenters. The molecule has 0 aromatic carbocycles. The maximum atomic E-state index is 11.6. The van der Waals surface area contributed by atoms with E-state index in [2.05, 4.69) is 20.3 Å². The molecule has 0 bridgehead atoms. The van der Waals surface area contributed by atoms with Crippen LogP contribution in [0, 0.1) is 0 Å². The molecular weight excluding hydrogens is 226 g/mol. The molecular formula is C9H13N5OS. The minimum atomic E-state index is -1.17. The molecule has 0 saturated carbocycles. The van der Waals surface area contributed by atoms with Crippen LogP contribution >= 0.6 is 0 Å². The molecule has 0 fully saturated rings. The molecule has 0 aliphatic rings. The first-order valence-corrected chi connectivity index (χ1v) is 6.32.